The van der Waals surface area contributed by atoms with Gasteiger partial charge in [0, 0.05) is 26.3 Å². The molecule has 0 fully saturated rings. The SMILES string of the molecule is COCC(O)CN(C)C(=O)c1sc(-c2ccccc2)nc1C. The molecule has 1 unspecified atom stereocenters. The Hall–Kier alpha value is -1.76. The zero-order valence-electron chi connectivity index (χ0n) is 12.9. The number of ether oxygens (including phenoxy) is 1. The summed E-state index contributed by atoms with van der Waals surface area (Å²) in [6.07, 6.45) is -0.694. The second-order valence-electron chi connectivity index (χ2n) is 5.09. The Morgan fingerprint density at radius 1 is 1.41 bits per heavy atom. The van der Waals surface area contributed by atoms with Gasteiger partial charge in [0.25, 0.3) is 5.91 Å². The van der Waals surface area contributed by atoms with Crippen LogP contribution in [-0.2, 0) is 4.74 Å². The number of nitrogens with zero attached hydrogens (tertiary/aromatic N) is 2. The minimum Gasteiger partial charge on any atom is -0.389 e. The largest absolute Gasteiger partial charge is 0.389 e. The number of aliphatic hydroxyl groups is 1. The number of hydrogen-bond donors (Lipinski definition) is 1. The number of aryl methyl sites for hydroxylation is 1. The van der Waals surface area contributed by atoms with Gasteiger partial charge in [0.15, 0.2) is 0 Å². The van der Waals surface area contributed by atoms with E-state index in [1.165, 1.54) is 23.3 Å². The van der Waals surface area contributed by atoms with E-state index in [-0.39, 0.29) is 19.1 Å². The number of benzene rings is 1. The van der Waals surface area contributed by atoms with Gasteiger partial charge in [-0.1, -0.05) is 30.3 Å². The number of likely N-dealkylation sites (N-methyl/N-ethyl adjacent to an activating group) is 1. The first-order valence-electron chi connectivity index (χ1n) is 6.98. The summed E-state index contributed by atoms with van der Waals surface area (Å²) in [6.45, 7) is 2.26. The first-order valence-corrected chi connectivity index (χ1v) is 7.80. The molecule has 22 heavy (non-hydrogen) atoms. The number of amides is 1. The Bertz CT molecular complexity index is 628. The molecule has 5 nitrogen and oxygen atoms in total. The van der Waals surface area contributed by atoms with Gasteiger partial charge in [0.1, 0.15) is 9.88 Å². The number of rotatable bonds is 6. The molecule has 1 heterocycles. The molecule has 1 aromatic heterocycles. The van der Waals surface area contributed by atoms with Gasteiger partial charge >= 0.3 is 0 Å². The highest BCUT2D eigenvalue weighted by Gasteiger charge is 2.21. The average molecular weight is 320 g/mol. The Morgan fingerprint density at radius 2 is 2.09 bits per heavy atom. The maximum atomic E-state index is 12.5. The van der Waals surface area contributed by atoms with Crippen LogP contribution in [0, 0.1) is 6.92 Å². The van der Waals surface area contributed by atoms with E-state index < -0.39 is 6.10 Å². The van der Waals surface area contributed by atoms with Gasteiger partial charge < -0.3 is 14.7 Å². The molecular weight excluding hydrogens is 300 g/mol. The van der Waals surface area contributed by atoms with Crippen molar-refractivity contribution in [1.29, 1.82) is 0 Å². The van der Waals surface area contributed by atoms with Crippen LogP contribution in [0.1, 0.15) is 15.4 Å². The second-order valence-corrected chi connectivity index (χ2v) is 6.09. The summed E-state index contributed by atoms with van der Waals surface area (Å²) < 4.78 is 4.88. The van der Waals surface area contributed by atoms with Crippen LogP contribution in [0.4, 0.5) is 0 Å². The fourth-order valence-electron chi connectivity index (χ4n) is 2.12. The molecule has 1 aromatic carbocycles. The average Bonchev–Trinajstić information content (AvgIpc) is 2.89. The molecule has 0 aliphatic carbocycles. The van der Waals surface area contributed by atoms with Crippen LogP contribution < -0.4 is 0 Å². The fourth-order valence-corrected chi connectivity index (χ4v) is 3.18. The van der Waals surface area contributed by atoms with Gasteiger partial charge in [-0.05, 0) is 6.92 Å². The minimum absolute atomic E-state index is 0.132. The van der Waals surface area contributed by atoms with Crippen molar-refractivity contribution >= 4 is 17.2 Å². The smallest absolute Gasteiger partial charge is 0.265 e. The van der Waals surface area contributed by atoms with Crippen molar-refractivity contribution in [2.45, 2.75) is 13.0 Å². The molecule has 0 aliphatic heterocycles. The lowest BCUT2D eigenvalue weighted by Gasteiger charge is -2.19. The number of aliphatic hydroxyl groups excluding tert-OH is 1. The molecule has 0 radical (unpaired) electrons. The fraction of sp³-hybridized carbons (Fsp3) is 0.375. The van der Waals surface area contributed by atoms with Crippen molar-refractivity contribution in [2.75, 3.05) is 27.3 Å². The zero-order valence-corrected chi connectivity index (χ0v) is 13.8. The molecule has 0 saturated heterocycles. The minimum atomic E-state index is -0.694. The van der Waals surface area contributed by atoms with Gasteiger partial charge in [0.2, 0.25) is 0 Å². The Balaban J connectivity index is 2.15. The van der Waals surface area contributed by atoms with Gasteiger partial charge in [-0.15, -0.1) is 11.3 Å². The molecule has 6 heteroatoms. The number of carbonyl (C=O) groups is 1. The van der Waals surface area contributed by atoms with Gasteiger partial charge in [0.05, 0.1) is 18.4 Å². The third kappa shape index (κ3) is 3.91. The molecule has 1 atom stereocenters. The van der Waals surface area contributed by atoms with E-state index in [1.54, 1.807) is 7.05 Å². The predicted octanol–water partition coefficient (Wildman–Crippen LogP) is 2.20. The zero-order chi connectivity index (χ0) is 16.1. The molecule has 0 saturated carbocycles. The van der Waals surface area contributed by atoms with E-state index in [0.717, 1.165) is 10.6 Å². The van der Waals surface area contributed by atoms with Crippen LogP contribution in [0.2, 0.25) is 0 Å². The first kappa shape index (κ1) is 16.6. The van der Waals surface area contributed by atoms with E-state index in [1.807, 2.05) is 37.3 Å². The molecule has 2 rings (SSSR count). The summed E-state index contributed by atoms with van der Waals surface area (Å²) in [5.74, 6) is -0.132. The van der Waals surface area contributed by atoms with Gasteiger partial charge in [-0.25, -0.2) is 4.98 Å². The highest BCUT2D eigenvalue weighted by molar-refractivity contribution is 7.17. The van der Waals surface area contributed by atoms with E-state index in [0.29, 0.717) is 10.6 Å². The van der Waals surface area contributed by atoms with Crippen molar-refractivity contribution < 1.29 is 14.6 Å². The van der Waals surface area contributed by atoms with Gasteiger partial charge in [-0.2, -0.15) is 0 Å². The second kappa shape index (κ2) is 7.49. The quantitative estimate of drug-likeness (QED) is 0.886. The summed E-state index contributed by atoms with van der Waals surface area (Å²) in [4.78, 5) is 19.1. The molecule has 0 bridgehead atoms. The standard InChI is InChI=1S/C16H20N2O3S/c1-11-14(16(20)18(2)9-13(19)10-21-3)22-15(17-11)12-7-5-4-6-8-12/h4-8,13,19H,9-10H2,1-3H3. The van der Waals surface area contributed by atoms with Crippen molar-refractivity contribution in [1.82, 2.24) is 9.88 Å². The van der Waals surface area contributed by atoms with Crippen LogP contribution in [0.5, 0.6) is 0 Å². The Labute approximate surface area is 134 Å². The highest BCUT2D eigenvalue weighted by atomic mass is 32.1. The molecular formula is C16H20N2O3S. The number of thiazole rings is 1. The number of aromatic nitrogens is 1. The van der Waals surface area contributed by atoms with Crippen LogP contribution in [-0.4, -0.2) is 54.3 Å². The number of methoxy groups -OCH3 is 1. The molecule has 2 aromatic rings. The van der Waals surface area contributed by atoms with Crippen molar-refractivity contribution in [3.63, 3.8) is 0 Å². The van der Waals surface area contributed by atoms with Crippen LogP contribution in [0.15, 0.2) is 30.3 Å². The first-order chi connectivity index (χ1) is 10.5. The van der Waals surface area contributed by atoms with Crippen molar-refractivity contribution in [2.24, 2.45) is 0 Å². The molecule has 0 spiro atoms. The maximum Gasteiger partial charge on any atom is 0.265 e. The molecule has 1 N–H and O–H groups in total. The summed E-state index contributed by atoms with van der Waals surface area (Å²) >= 11 is 1.37. The summed E-state index contributed by atoms with van der Waals surface area (Å²) in [5, 5.41) is 10.6. The maximum absolute atomic E-state index is 12.5. The lowest BCUT2D eigenvalue weighted by molar-refractivity contribution is 0.0382. The normalized spacial score (nSPS) is 12.2. The Kier molecular flexibility index (Phi) is 5.65. The number of hydrogen-bond acceptors (Lipinski definition) is 5. The molecule has 1 amide bonds. The lowest BCUT2D eigenvalue weighted by atomic mass is 10.2. The van der Waals surface area contributed by atoms with Crippen LogP contribution in [0.3, 0.4) is 0 Å². The monoisotopic (exact) mass is 320 g/mol. The topological polar surface area (TPSA) is 62.7 Å². The van der Waals surface area contributed by atoms with Crippen molar-refractivity contribution in [3.05, 3.63) is 40.9 Å². The van der Waals surface area contributed by atoms with E-state index in [4.69, 9.17) is 4.74 Å². The third-order valence-electron chi connectivity index (χ3n) is 3.20. The van der Waals surface area contributed by atoms with E-state index in [2.05, 4.69) is 4.98 Å². The Morgan fingerprint density at radius 3 is 2.73 bits per heavy atom. The van der Waals surface area contributed by atoms with E-state index >= 15 is 0 Å². The summed E-state index contributed by atoms with van der Waals surface area (Å²) in [6, 6.07) is 9.78. The lowest BCUT2D eigenvalue weighted by Crippen LogP contribution is -2.36. The third-order valence-corrected chi connectivity index (χ3v) is 4.40. The van der Waals surface area contributed by atoms with Crippen LogP contribution in [0.25, 0.3) is 10.6 Å². The van der Waals surface area contributed by atoms with Gasteiger partial charge in [-0.3, -0.25) is 4.79 Å². The molecule has 118 valence electrons. The summed E-state index contributed by atoms with van der Waals surface area (Å²) in [7, 11) is 3.19. The predicted molar refractivity (Wildman–Crippen MR) is 87.1 cm³/mol. The van der Waals surface area contributed by atoms with E-state index in [9.17, 15) is 9.90 Å². The number of carbonyl (C=O) groups excluding carboxylic acids is 1. The van der Waals surface area contributed by atoms with Crippen LogP contribution >= 0.6 is 11.3 Å². The summed E-state index contributed by atoms with van der Waals surface area (Å²) in [5.41, 5.74) is 1.71. The highest BCUT2D eigenvalue weighted by Crippen LogP contribution is 2.28. The molecule has 0 aliphatic rings. The van der Waals surface area contributed by atoms with Crippen molar-refractivity contribution in [3.8, 4) is 10.6 Å².